The quantitative estimate of drug-likeness (QED) is 0.360. The Morgan fingerprint density at radius 1 is 1.43 bits per heavy atom. The Kier molecular flexibility index (Phi) is 7.48. The lowest BCUT2D eigenvalue weighted by molar-refractivity contribution is 0.226. The van der Waals surface area contributed by atoms with E-state index in [-0.39, 0.29) is 12.1 Å². The smallest absolute Gasteiger partial charge is 0.279 e. The molecule has 0 spiro atoms. The van der Waals surface area contributed by atoms with Gasteiger partial charge >= 0.3 is 0 Å². The largest absolute Gasteiger partial charge is 0.598 e. The Morgan fingerprint density at radius 2 is 2.23 bits per heavy atom. The first kappa shape index (κ1) is 22.3. The SMILES string of the molecule is CC1CN(c2cc(-c3cnc(/C=C\C(=N)C(F)F)[nH]3)ncn2)CC(CN[S+](C)[O-])N1. The van der Waals surface area contributed by atoms with Crippen molar-refractivity contribution in [1.29, 1.82) is 5.41 Å². The molecule has 0 saturated carbocycles. The van der Waals surface area contributed by atoms with E-state index in [2.05, 4.69) is 41.8 Å². The molecule has 3 atom stereocenters. The summed E-state index contributed by atoms with van der Waals surface area (Å²) < 4.78 is 39.1. The van der Waals surface area contributed by atoms with Crippen molar-refractivity contribution in [3.8, 4) is 11.4 Å². The molecule has 4 N–H and O–H groups in total. The number of imidazole rings is 1. The van der Waals surface area contributed by atoms with Crippen LogP contribution in [-0.4, -0.2) is 74.6 Å². The van der Waals surface area contributed by atoms with Crippen LogP contribution in [0.2, 0.25) is 0 Å². The molecule has 2 aromatic rings. The van der Waals surface area contributed by atoms with Gasteiger partial charge in [0.1, 0.15) is 24.2 Å². The molecule has 1 fully saturated rings. The van der Waals surface area contributed by atoms with Gasteiger partial charge in [-0.3, -0.25) is 5.41 Å². The predicted molar refractivity (Wildman–Crippen MR) is 113 cm³/mol. The van der Waals surface area contributed by atoms with Crippen LogP contribution in [0, 0.1) is 5.41 Å². The number of hydrogen-bond donors (Lipinski definition) is 4. The van der Waals surface area contributed by atoms with Crippen molar-refractivity contribution >= 4 is 29.0 Å². The number of halogens is 2. The number of allylic oxidation sites excluding steroid dienone is 1. The van der Waals surface area contributed by atoms with Gasteiger partial charge < -0.3 is 19.8 Å². The average Bonchev–Trinajstić information content (AvgIpc) is 3.19. The number of nitrogens with one attached hydrogen (secondary N) is 4. The summed E-state index contributed by atoms with van der Waals surface area (Å²) in [5, 5.41) is 10.6. The first-order valence-electron chi connectivity index (χ1n) is 9.32. The topological polar surface area (TPSA) is 129 Å². The Bertz CT molecular complexity index is 891. The molecule has 3 unspecified atom stereocenters. The van der Waals surface area contributed by atoms with Crippen LogP contribution in [0.4, 0.5) is 14.6 Å². The standard InChI is InChI=1S/C18H24F2N8OS/c1-11-8-28(9-12(26-11)6-25-30(2)29)17-5-14(23-10-24-17)15-7-22-16(27-15)4-3-13(21)18(19)20/h3-5,7,10-12,18,21,25-26H,6,8-9H2,1-2H3,(H,22,27)/b4-3-,21-13?. The number of hydrogen-bond acceptors (Lipinski definition) is 8. The van der Waals surface area contributed by atoms with Gasteiger partial charge in [-0.2, -0.15) is 0 Å². The molecule has 30 heavy (non-hydrogen) atoms. The first-order chi connectivity index (χ1) is 14.3. The van der Waals surface area contributed by atoms with E-state index in [1.165, 1.54) is 12.4 Å². The van der Waals surface area contributed by atoms with Crippen LogP contribution in [0.25, 0.3) is 17.5 Å². The predicted octanol–water partition coefficient (Wildman–Crippen LogP) is 1.21. The highest BCUT2D eigenvalue weighted by Crippen LogP contribution is 2.21. The van der Waals surface area contributed by atoms with Crippen molar-refractivity contribution in [3.63, 3.8) is 0 Å². The highest BCUT2D eigenvalue weighted by molar-refractivity contribution is 7.88. The minimum atomic E-state index is -2.82. The van der Waals surface area contributed by atoms with E-state index in [4.69, 9.17) is 5.41 Å². The van der Waals surface area contributed by atoms with Gasteiger partial charge in [-0.05, 0) is 19.1 Å². The van der Waals surface area contributed by atoms with Crippen LogP contribution in [0.15, 0.2) is 24.7 Å². The third kappa shape index (κ3) is 6.05. The van der Waals surface area contributed by atoms with Crippen LogP contribution in [-0.2, 0) is 11.4 Å². The van der Waals surface area contributed by atoms with E-state index in [1.807, 2.05) is 6.07 Å². The number of nitrogens with zero attached hydrogens (tertiary/aromatic N) is 4. The molecule has 1 aliphatic heterocycles. The lowest BCUT2D eigenvalue weighted by Crippen LogP contribution is -2.59. The number of piperazine rings is 1. The maximum absolute atomic E-state index is 12.4. The summed E-state index contributed by atoms with van der Waals surface area (Å²) in [7, 11) is 0. The third-order valence-corrected chi connectivity index (χ3v) is 5.07. The van der Waals surface area contributed by atoms with E-state index < -0.39 is 23.5 Å². The van der Waals surface area contributed by atoms with Gasteiger partial charge in [-0.15, -0.1) is 4.72 Å². The van der Waals surface area contributed by atoms with Crippen molar-refractivity contribution in [2.45, 2.75) is 25.4 Å². The molecule has 12 heteroatoms. The van der Waals surface area contributed by atoms with Crippen molar-refractivity contribution in [3.05, 3.63) is 30.5 Å². The zero-order valence-electron chi connectivity index (χ0n) is 16.6. The van der Waals surface area contributed by atoms with Crippen LogP contribution in [0.3, 0.4) is 0 Å². The van der Waals surface area contributed by atoms with Crippen LogP contribution < -0.4 is 14.9 Å². The van der Waals surface area contributed by atoms with E-state index in [1.54, 1.807) is 12.5 Å². The van der Waals surface area contributed by atoms with E-state index in [0.717, 1.165) is 18.4 Å². The Labute approximate surface area is 176 Å². The molecule has 3 heterocycles. The van der Waals surface area contributed by atoms with Crippen molar-refractivity contribution in [2.24, 2.45) is 0 Å². The highest BCUT2D eigenvalue weighted by atomic mass is 32.2. The maximum Gasteiger partial charge on any atom is 0.279 e. The molecule has 3 rings (SSSR count). The molecule has 0 bridgehead atoms. The monoisotopic (exact) mass is 438 g/mol. The number of H-pyrrole nitrogens is 1. The van der Waals surface area contributed by atoms with Gasteiger partial charge in [0.25, 0.3) is 6.43 Å². The second-order valence-corrected chi connectivity index (χ2v) is 8.20. The lowest BCUT2D eigenvalue weighted by atomic mass is 10.1. The third-order valence-electron chi connectivity index (χ3n) is 4.49. The number of alkyl halides is 2. The fraction of sp³-hybridized carbons (Fsp3) is 0.444. The van der Waals surface area contributed by atoms with Crippen LogP contribution >= 0.6 is 0 Å². The second-order valence-electron chi connectivity index (χ2n) is 7.01. The summed E-state index contributed by atoms with van der Waals surface area (Å²) in [5.74, 6) is 1.10. The zero-order chi connectivity index (χ0) is 21.7. The molecular weight excluding hydrogens is 414 g/mol. The Morgan fingerprint density at radius 3 is 2.97 bits per heavy atom. The van der Waals surface area contributed by atoms with Crippen molar-refractivity contribution < 1.29 is 13.3 Å². The van der Waals surface area contributed by atoms with Crippen LogP contribution in [0.5, 0.6) is 0 Å². The lowest BCUT2D eigenvalue weighted by Gasteiger charge is -2.38. The molecule has 0 radical (unpaired) electrons. The number of aromatic amines is 1. The summed E-state index contributed by atoms with van der Waals surface area (Å²) in [6.07, 6.45) is 4.14. The van der Waals surface area contributed by atoms with Crippen molar-refractivity contribution in [2.75, 3.05) is 30.8 Å². The maximum atomic E-state index is 12.4. The summed E-state index contributed by atoms with van der Waals surface area (Å²) >= 11 is -1.07. The Balaban J connectivity index is 1.72. The van der Waals surface area contributed by atoms with Gasteiger partial charge in [0.2, 0.25) is 0 Å². The fourth-order valence-corrected chi connectivity index (χ4v) is 3.60. The molecule has 162 valence electrons. The molecule has 0 amide bonds. The normalized spacial score (nSPS) is 20.8. The van der Waals surface area contributed by atoms with Gasteiger partial charge in [0.05, 0.1) is 29.8 Å². The van der Waals surface area contributed by atoms with Crippen LogP contribution in [0.1, 0.15) is 12.7 Å². The summed E-state index contributed by atoms with van der Waals surface area (Å²) in [5.41, 5.74) is 0.456. The molecule has 1 aliphatic rings. The van der Waals surface area contributed by atoms with Gasteiger partial charge in [-0.1, -0.05) is 0 Å². The zero-order valence-corrected chi connectivity index (χ0v) is 17.4. The fourth-order valence-electron chi connectivity index (χ4n) is 3.17. The number of anilines is 1. The molecule has 0 aromatic carbocycles. The first-order valence-corrected chi connectivity index (χ1v) is 10.9. The molecule has 2 aromatic heterocycles. The highest BCUT2D eigenvalue weighted by Gasteiger charge is 2.26. The molecule has 9 nitrogen and oxygen atoms in total. The van der Waals surface area contributed by atoms with Gasteiger partial charge in [0, 0.05) is 42.6 Å². The minimum absolute atomic E-state index is 0.116. The van der Waals surface area contributed by atoms with E-state index in [9.17, 15) is 13.3 Å². The van der Waals surface area contributed by atoms with Gasteiger partial charge in [0.15, 0.2) is 0 Å². The van der Waals surface area contributed by atoms with E-state index >= 15 is 0 Å². The minimum Gasteiger partial charge on any atom is -0.598 e. The summed E-state index contributed by atoms with van der Waals surface area (Å²) in [6, 6.07) is 2.18. The van der Waals surface area contributed by atoms with Crippen molar-refractivity contribution in [1.82, 2.24) is 30.0 Å². The van der Waals surface area contributed by atoms with Gasteiger partial charge in [-0.25, -0.2) is 23.7 Å². The average molecular weight is 439 g/mol. The molecule has 0 aliphatic carbocycles. The summed E-state index contributed by atoms with van der Waals surface area (Å²) in [4.78, 5) is 17.9. The second kappa shape index (κ2) is 10.1. The Hall–Kier alpha value is -2.41. The number of rotatable bonds is 8. The summed E-state index contributed by atoms with van der Waals surface area (Å²) in [6.45, 7) is 4.10. The molecule has 1 saturated heterocycles. The molecular formula is C18H24F2N8OS. The van der Waals surface area contributed by atoms with E-state index in [0.29, 0.717) is 30.3 Å². The number of aromatic nitrogens is 4.